The molecule has 6 heteroatoms. The van der Waals surface area contributed by atoms with Crippen molar-refractivity contribution in [1.82, 2.24) is 9.55 Å². The second-order valence-electron chi connectivity index (χ2n) is 5.77. The molecule has 0 amide bonds. The molecule has 0 unspecified atom stereocenters. The van der Waals surface area contributed by atoms with Crippen LogP contribution in [0.25, 0.3) is 27.2 Å². The van der Waals surface area contributed by atoms with Gasteiger partial charge in [-0.2, -0.15) is 0 Å². The molecule has 3 aromatic rings. The Morgan fingerprint density at radius 2 is 1.93 bits per heavy atom. The van der Waals surface area contributed by atoms with Crippen molar-refractivity contribution in [3.63, 3.8) is 0 Å². The lowest BCUT2D eigenvalue weighted by atomic mass is 10.0. The van der Waals surface area contributed by atoms with Crippen LogP contribution in [0.3, 0.4) is 0 Å². The van der Waals surface area contributed by atoms with E-state index in [2.05, 4.69) is 9.83 Å². The van der Waals surface area contributed by atoms with E-state index in [0.29, 0.717) is 16.9 Å². The Morgan fingerprint density at radius 1 is 1.22 bits per heavy atom. The van der Waals surface area contributed by atoms with Crippen LogP contribution >= 0.6 is 11.8 Å². The Bertz CT molecular complexity index is 1000. The fourth-order valence-corrected chi connectivity index (χ4v) is 3.74. The molecule has 27 heavy (non-hydrogen) atoms. The van der Waals surface area contributed by atoms with Gasteiger partial charge in [0.15, 0.2) is 0 Å². The molecule has 0 fully saturated rings. The Hall–Kier alpha value is -3.04. The molecule has 0 aliphatic heterocycles. The molecule has 0 aliphatic carbocycles. The van der Waals surface area contributed by atoms with Crippen molar-refractivity contribution in [2.45, 2.75) is 11.9 Å². The topological polar surface area (TPSA) is 48.5 Å². The van der Waals surface area contributed by atoms with Crippen molar-refractivity contribution in [3.8, 4) is 22.4 Å². The molecule has 0 bridgehead atoms. The first-order chi connectivity index (χ1) is 13.1. The van der Waals surface area contributed by atoms with Gasteiger partial charge in [0, 0.05) is 24.4 Å². The average Bonchev–Trinajstić information content (AvgIpc) is 3.00. The highest BCUT2D eigenvalue weighted by Crippen LogP contribution is 2.43. The highest BCUT2D eigenvalue weighted by Gasteiger charge is 2.27. The van der Waals surface area contributed by atoms with Crippen LogP contribution in [0.5, 0.6) is 0 Å². The number of hydrogen-bond donors (Lipinski definition) is 0. The molecule has 1 aromatic carbocycles. The Labute approximate surface area is 162 Å². The summed E-state index contributed by atoms with van der Waals surface area (Å²) in [7, 11) is 1.79. The lowest BCUT2D eigenvalue weighted by molar-refractivity contribution is 0.0515. The van der Waals surface area contributed by atoms with Gasteiger partial charge in [0.1, 0.15) is 5.69 Å². The van der Waals surface area contributed by atoms with E-state index in [-0.39, 0.29) is 6.61 Å². The van der Waals surface area contributed by atoms with Crippen LogP contribution in [0.2, 0.25) is 0 Å². The lowest BCUT2D eigenvalue weighted by Gasteiger charge is -2.09. The van der Waals surface area contributed by atoms with Gasteiger partial charge in [0.2, 0.25) is 5.69 Å². The van der Waals surface area contributed by atoms with Gasteiger partial charge in [0.05, 0.1) is 23.9 Å². The van der Waals surface area contributed by atoms with E-state index < -0.39 is 5.97 Å². The third kappa shape index (κ3) is 3.46. The summed E-state index contributed by atoms with van der Waals surface area (Å²) in [4.78, 5) is 20.6. The van der Waals surface area contributed by atoms with Gasteiger partial charge in [-0.1, -0.05) is 30.3 Å². The molecule has 5 nitrogen and oxygen atoms in total. The molecule has 2 aromatic heterocycles. The summed E-state index contributed by atoms with van der Waals surface area (Å²) in [6.45, 7) is 9.70. The summed E-state index contributed by atoms with van der Waals surface area (Å²) in [6, 6.07) is 13.5. The van der Waals surface area contributed by atoms with Crippen molar-refractivity contribution < 1.29 is 9.53 Å². The van der Waals surface area contributed by atoms with Gasteiger partial charge in [-0.3, -0.25) is 4.98 Å². The smallest absolute Gasteiger partial charge is 0.354 e. The Morgan fingerprint density at radius 3 is 2.48 bits per heavy atom. The van der Waals surface area contributed by atoms with E-state index >= 15 is 0 Å². The maximum atomic E-state index is 12.6. The van der Waals surface area contributed by atoms with E-state index in [0.717, 1.165) is 21.8 Å². The second kappa shape index (κ2) is 8.11. The van der Waals surface area contributed by atoms with Crippen LogP contribution < -0.4 is 0 Å². The van der Waals surface area contributed by atoms with Crippen LogP contribution in [0.1, 0.15) is 17.4 Å². The van der Waals surface area contributed by atoms with Gasteiger partial charge in [-0.15, -0.1) is 11.8 Å². The Balaban J connectivity index is 2.15. The minimum Gasteiger partial charge on any atom is -0.461 e. The summed E-state index contributed by atoms with van der Waals surface area (Å²) in [5.74, 6) is -0.422. The number of rotatable bonds is 5. The van der Waals surface area contributed by atoms with Crippen LogP contribution in [-0.2, 0) is 11.8 Å². The van der Waals surface area contributed by atoms with Crippen LogP contribution in [-0.4, -0.2) is 28.4 Å². The predicted octanol–water partition coefficient (Wildman–Crippen LogP) is 5.20. The molecular weight excluding hydrogens is 358 g/mol. The van der Waals surface area contributed by atoms with Crippen molar-refractivity contribution in [2.24, 2.45) is 7.05 Å². The quantitative estimate of drug-likeness (QED) is 0.348. The van der Waals surface area contributed by atoms with Crippen molar-refractivity contribution in [3.05, 3.63) is 65.8 Å². The first kappa shape index (κ1) is 18.7. The van der Waals surface area contributed by atoms with Gasteiger partial charge in [0.25, 0.3) is 0 Å². The summed E-state index contributed by atoms with van der Waals surface area (Å²) < 4.78 is 6.99. The van der Waals surface area contributed by atoms with Crippen LogP contribution in [0, 0.1) is 6.57 Å². The predicted molar refractivity (Wildman–Crippen MR) is 108 cm³/mol. The number of carbonyl (C=O) groups excluding carboxylic acids is 1. The largest absolute Gasteiger partial charge is 0.461 e. The van der Waals surface area contributed by atoms with E-state index in [1.165, 1.54) is 11.8 Å². The fraction of sp³-hybridized carbons (Fsp3) is 0.190. The van der Waals surface area contributed by atoms with Gasteiger partial charge >= 0.3 is 5.97 Å². The number of pyridine rings is 1. The van der Waals surface area contributed by atoms with Crippen molar-refractivity contribution in [1.29, 1.82) is 0 Å². The lowest BCUT2D eigenvalue weighted by Crippen LogP contribution is -2.11. The van der Waals surface area contributed by atoms with E-state index in [1.807, 2.05) is 48.7 Å². The molecular formula is C21H19N3O2S. The van der Waals surface area contributed by atoms with Crippen molar-refractivity contribution in [2.75, 3.05) is 12.9 Å². The zero-order valence-electron chi connectivity index (χ0n) is 15.4. The van der Waals surface area contributed by atoms with Crippen molar-refractivity contribution >= 4 is 23.4 Å². The zero-order chi connectivity index (χ0) is 19.4. The molecule has 2 heterocycles. The molecule has 3 rings (SSSR count). The minimum atomic E-state index is -0.422. The molecule has 0 saturated heterocycles. The zero-order valence-corrected chi connectivity index (χ0v) is 16.2. The number of esters is 1. The number of aromatic nitrogens is 2. The summed E-state index contributed by atoms with van der Waals surface area (Å²) in [6.07, 6.45) is 3.65. The highest BCUT2D eigenvalue weighted by molar-refractivity contribution is 7.98. The standard InChI is InChI=1S/C21H19N3O2S/c1-5-26-21(25)19-17(18(22-2)20(27-4)24(19)3)15-11-9-14(10-12-15)16-8-6-7-13-23-16/h6-13H,5H2,1,3-4H3. The molecule has 136 valence electrons. The third-order valence-electron chi connectivity index (χ3n) is 4.22. The van der Waals surface area contributed by atoms with Crippen LogP contribution in [0.15, 0.2) is 53.7 Å². The Kier molecular flexibility index (Phi) is 5.63. The maximum Gasteiger partial charge on any atom is 0.354 e. The molecule has 0 saturated carbocycles. The first-order valence-electron chi connectivity index (χ1n) is 8.45. The number of thioether (sulfide) groups is 1. The van der Waals surface area contributed by atoms with E-state index in [9.17, 15) is 4.79 Å². The molecule has 0 radical (unpaired) electrons. The average molecular weight is 377 g/mol. The molecule has 0 aliphatic rings. The molecule has 0 atom stereocenters. The number of hydrogen-bond acceptors (Lipinski definition) is 4. The number of ether oxygens (including phenoxy) is 1. The molecule has 0 N–H and O–H groups in total. The number of carbonyl (C=O) groups is 1. The third-order valence-corrected chi connectivity index (χ3v) is 5.08. The van der Waals surface area contributed by atoms with E-state index in [4.69, 9.17) is 11.3 Å². The number of benzene rings is 1. The first-order valence-corrected chi connectivity index (χ1v) is 9.67. The van der Waals surface area contributed by atoms with Gasteiger partial charge in [-0.05, 0) is 30.9 Å². The minimum absolute atomic E-state index is 0.282. The summed E-state index contributed by atoms with van der Waals surface area (Å²) in [5.41, 5.74) is 4.14. The van der Waals surface area contributed by atoms with Crippen LogP contribution in [0.4, 0.5) is 5.69 Å². The molecule has 0 spiro atoms. The number of nitrogens with zero attached hydrogens (tertiary/aromatic N) is 3. The monoisotopic (exact) mass is 377 g/mol. The summed E-state index contributed by atoms with van der Waals surface area (Å²) in [5, 5.41) is 0.747. The second-order valence-corrected chi connectivity index (χ2v) is 6.56. The summed E-state index contributed by atoms with van der Waals surface area (Å²) >= 11 is 1.44. The van der Waals surface area contributed by atoms with E-state index in [1.54, 1.807) is 24.7 Å². The van der Waals surface area contributed by atoms with Gasteiger partial charge in [-0.25, -0.2) is 9.64 Å². The van der Waals surface area contributed by atoms with Gasteiger partial charge < -0.3 is 9.30 Å². The normalized spacial score (nSPS) is 10.4. The fourth-order valence-electron chi connectivity index (χ4n) is 3.04. The maximum absolute atomic E-state index is 12.6. The SMILES string of the molecule is [C-]#[N+]c1c(-c2ccc(-c3ccccn3)cc2)c(C(=O)OCC)n(C)c1SC. The highest BCUT2D eigenvalue weighted by atomic mass is 32.2.